The number of piperidine rings is 1. The third kappa shape index (κ3) is 2.87. The number of amides is 1. The van der Waals surface area contributed by atoms with Gasteiger partial charge >= 0.3 is 6.09 Å². The van der Waals surface area contributed by atoms with Gasteiger partial charge in [-0.3, -0.25) is 0 Å². The zero-order valence-corrected chi connectivity index (χ0v) is 15.1. The van der Waals surface area contributed by atoms with Crippen molar-refractivity contribution in [2.24, 2.45) is 0 Å². The maximum atomic E-state index is 13.1. The van der Waals surface area contributed by atoms with Crippen LogP contribution in [0.4, 0.5) is 13.6 Å². The van der Waals surface area contributed by atoms with Crippen molar-refractivity contribution in [3.63, 3.8) is 0 Å². The summed E-state index contributed by atoms with van der Waals surface area (Å²) < 4.78 is 58.7. The highest BCUT2D eigenvalue weighted by atomic mass is 32.2. The second-order valence-electron chi connectivity index (χ2n) is 7.40. The Balaban J connectivity index is 1.45. The van der Waals surface area contributed by atoms with E-state index >= 15 is 0 Å². The Kier molecular flexibility index (Phi) is 3.82. The predicted molar refractivity (Wildman–Crippen MR) is 88.6 cm³/mol. The van der Waals surface area contributed by atoms with Gasteiger partial charge in [0, 0.05) is 39.4 Å². The zero-order chi connectivity index (χ0) is 18.7. The quantitative estimate of drug-likeness (QED) is 0.800. The fourth-order valence-corrected chi connectivity index (χ4v) is 5.22. The van der Waals surface area contributed by atoms with E-state index in [1.807, 2.05) is 0 Å². The number of hydrogen-bond acceptors (Lipinski definition) is 4. The monoisotopic (exact) mass is 386 g/mol. The second-order valence-corrected chi connectivity index (χ2v) is 9.34. The number of likely N-dealkylation sites (N-methyl/N-ethyl adjacent to an activating group) is 1. The lowest BCUT2D eigenvalue weighted by molar-refractivity contribution is 0.0172. The molecule has 2 saturated heterocycles. The fraction of sp³-hybridized carbons (Fsp3) is 0.588. The Labute approximate surface area is 150 Å². The van der Waals surface area contributed by atoms with Crippen LogP contribution in [-0.4, -0.2) is 61.9 Å². The minimum Gasteiger partial charge on any atom is -0.441 e. The van der Waals surface area contributed by atoms with Crippen LogP contribution in [0.15, 0.2) is 29.2 Å². The maximum Gasteiger partial charge on any atom is 0.410 e. The molecule has 1 atom stereocenters. The maximum absolute atomic E-state index is 13.1. The lowest BCUT2D eigenvalue weighted by Crippen LogP contribution is -2.48. The number of benzene rings is 1. The fourth-order valence-electron chi connectivity index (χ4n) is 3.78. The van der Waals surface area contributed by atoms with Gasteiger partial charge in [0.2, 0.25) is 10.0 Å². The van der Waals surface area contributed by atoms with Crippen LogP contribution in [0.5, 0.6) is 0 Å². The highest BCUT2D eigenvalue weighted by Crippen LogP contribution is 2.55. The normalized spacial score (nSPS) is 27.6. The number of carbonyl (C=O) groups excluding carboxylic acids is 1. The molecule has 4 rings (SSSR count). The molecular weight excluding hydrogens is 366 g/mol. The number of rotatable bonds is 3. The van der Waals surface area contributed by atoms with Crippen LogP contribution in [0.1, 0.15) is 30.7 Å². The summed E-state index contributed by atoms with van der Waals surface area (Å²) in [5.74, 6) is -3.48. The van der Waals surface area contributed by atoms with Crippen molar-refractivity contribution in [1.82, 2.24) is 9.21 Å². The van der Waals surface area contributed by atoms with E-state index < -0.39 is 27.5 Å². The molecule has 6 nitrogen and oxygen atoms in total. The van der Waals surface area contributed by atoms with Crippen LogP contribution >= 0.6 is 0 Å². The van der Waals surface area contributed by atoms with Crippen molar-refractivity contribution in [2.45, 2.75) is 41.6 Å². The molecule has 1 unspecified atom stereocenters. The number of nitrogens with zero attached hydrogens (tertiary/aromatic N) is 2. The number of ether oxygens (including phenoxy) is 1. The molecule has 0 N–H and O–H groups in total. The van der Waals surface area contributed by atoms with Crippen LogP contribution in [0.3, 0.4) is 0 Å². The molecule has 1 aliphatic carbocycles. The molecule has 3 aliphatic rings. The summed E-state index contributed by atoms with van der Waals surface area (Å²) >= 11 is 0. The van der Waals surface area contributed by atoms with Crippen LogP contribution in [-0.2, 0) is 14.8 Å². The third-order valence-corrected chi connectivity index (χ3v) is 7.43. The molecule has 3 fully saturated rings. The first-order valence-corrected chi connectivity index (χ1v) is 9.99. The standard InChI is InChI=1S/C17H20F2N2O4S/c1-20-11-16(25-15(20)22)6-8-21(9-7-16)26(23,24)13-4-2-12(3-5-13)14-10-17(14,18)19/h2-5,14H,6-11H2,1H3. The van der Waals surface area contributed by atoms with Crippen LogP contribution in [0.25, 0.3) is 0 Å². The molecule has 1 aromatic rings. The van der Waals surface area contributed by atoms with Crippen LogP contribution in [0, 0.1) is 0 Å². The summed E-state index contributed by atoms with van der Waals surface area (Å²) in [5.41, 5.74) is -0.147. The van der Waals surface area contributed by atoms with Crippen LogP contribution in [0.2, 0.25) is 0 Å². The average molecular weight is 386 g/mol. The van der Waals surface area contributed by atoms with E-state index in [2.05, 4.69) is 0 Å². The summed E-state index contributed by atoms with van der Waals surface area (Å²) in [6, 6.07) is 5.73. The van der Waals surface area contributed by atoms with Crippen LogP contribution < -0.4 is 0 Å². The third-order valence-electron chi connectivity index (χ3n) is 5.52. The first-order valence-electron chi connectivity index (χ1n) is 8.55. The summed E-state index contributed by atoms with van der Waals surface area (Å²) in [6.07, 6.45) is 0.317. The lowest BCUT2D eigenvalue weighted by atomic mass is 9.92. The molecule has 0 radical (unpaired) electrons. The Morgan fingerprint density at radius 2 is 1.73 bits per heavy atom. The van der Waals surface area contributed by atoms with E-state index in [0.717, 1.165) is 0 Å². The highest BCUT2D eigenvalue weighted by Gasteiger charge is 2.57. The molecule has 1 spiro atoms. The molecular formula is C17H20F2N2O4S. The Morgan fingerprint density at radius 3 is 2.19 bits per heavy atom. The van der Waals surface area contributed by atoms with Gasteiger partial charge in [-0.15, -0.1) is 0 Å². The highest BCUT2D eigenvalue weighted by molar-refractivity contribution is 7.89. The topological polar surface area (TPSA) is 66.9 Å². The molecule has 26 heavy (non-hydrogen) atoms. The first kappa shape index (κ1) is 17.7. The van der Waals surface area contributed by atoms with Crippen molar-refractivity contribution >= 4 is 16.1 Å². The van der Waals surface area contributed by atoms with Gasteiger partial charge in [-0.25, -0.2) is 22.0 Å². The van der Waals surface area contributed by atoms with E-state index in [1.54, 1.807) is 7.05 Å². The molecule has 1 amide bonds. The van der Waals surface area contributed by atoms with Gasteiger partial charge < -0.3 is 9.64 Å². The summed E-state index contributed by atoms with van der Waals surface area (Å²) in [7, 11) is -2.04. The Bertz CT molecular complexity index is 833. The van der Waals surface area contributed by atoms with E-state index in [0.29, 0.717) is 24.9 Å². The summed E-state index contributed by atoms with van der Waals surface area (Å²) in [6.45, 7) is 0.974. The van der Waals surface area contributed by atoms with Gasteiger partial charge in [0.1, 0.15) is 5.60 Å². The van der Waals surface area contributed by atoms with E-state index in [-0.39, 0.29) is 30.5 Å². The molecule has 9 heteroatoms. The SMILES string of the molecule is CN1CC2(CCN(S(=O)(=O)c3ccc(C4CC4(F)F)cc3)CC2)OC1=O. The molecule has 0 bridgehead atoms. The number of carbonyl (C=O) groups is 1. The van der Waals surface area contributed by atoms with Gasteiger partial charge in [-0.05, 0) is 17.7 Å². The van der Waals surface area contributed by atoms with Crippen molar-refractivity contribution in [3.05, 3.63) is 29.8 Å². The smallest absolute Gasteiger partial charge is 0.410 e. The number of halogens is 2. The first-order chi connectivity index (χ1) is 12.1. The van der Waals surface area contributed by atoms with E-state index in [4.69, 9.17) is 4.74 Å². The molecule has 2 heterocycles. The van der Waals surface area contributed by atoms with Crippen molar-refractivity contribution in [3.8, 4) is 0 Å². The Hall–Kier alpha value is -1.74. The lowest BCUT2D eigenvalue weighted by Gasteiger charge is -2.36. The average Bonchev–Trinajstić information content (AvgIpc) is 3.14. The summed E-state index contributed by atoms with van der Waals surface area (Å²) in [5, 5.41) is 0. The molecule has 1 saturated carbocycles. The molecule has 1 aromatic carbocycles. The predicted octanol–water partition coefficient (Wildman–Crippen LogP) is 2.41. The molecule has 142 valence electrons. The number of alkyl halides is 2. The molecule has 2 aliphatic heterocycles. The van der Waals surface area contributed by atoms with Gasteiger partial charge in [-0.2, -0.15) is 4.31 Å². The minimum atomic E-state index is -3.69. The van der Waals surface area contributed by atoms with Gasteiger partial charge in [0.25, 0.3) is 5.92 Å². The summed E-state index contributed by atoms with van der Waals surface area (Å²) in [4.78, 5) is 13.2. The minimum absolute atomic E-state index is 0.0988. The zero-order valence-electron chi connectivity index (χ0n) is 14.3. The van der Waals surface area contributed by atoms with Crippen molar-refractivity contribution in [2.75, 3.05) is 26.7 Å². The Morgan fingerprint density at radius 1 is 1.15 bits per heavy atom. The molecule has 0 aromatic heterocycles. The van der Waals surface area contributed by atoms with E-state index in [9.17, 15) is 22.0 Å². The van der Waals surface area contributed by atoms with Gasteiger partial charge in [0.15, 0.2) is 0 Å². The largest absolute Gasteiger partial charge is 0.441 e. The number of hydrogen-bond donors (Lipinski definition) is 0. The second kappa shape index (κ2) is 5.63. The van der Waals surface area contributed by atoms with Crippen molar-refractivity contribution < 1.29 is 26.7 Å². The van der Waals surface area contributed by atoms with Gasteiger partial charge in [0.05, 0.1) is 17.4 Å². The number of sulfonamides is 1. The van der Waals surface area contributed by atoms with Gasteiger partial charge in [-0.1, -0.05) is 12.1 Å². The van der Waals surface area contributed by atoms with E-state index in [1.165, 1.54) is 33.5 Å². The van der Waals surface area contributed by atoms with Crippen molar-refractivity contribution in [1.29, 1.82) is 0 Å².